The van der Waals surface area contributed by atoms with Gasteiger partial charge in [-0.3, -0.25) is 4.79 Å². The summed E-state index contributed by atoms with van der Waals surface area (Å²) in [4.78, 5) is 11.1. The Labute approximate surface area is 127 Å². The van der Waals surface area contributed by atoms with Crippen molar-refractivity contribution < 1.29 is 19.4 Å². The monoisotopic (exact) mass is 306 g/mol. The fourth-order valence-electron chi connectivity index (χ4n) is 1.88. The molecular weight excluding hydrogens is 292 g/mol. The number of benzene rings is 2. The van der Waals surface area contributed by atoms with Gasteiger partial charge in [-0.25, -0.2) is 0 Å². The number of hydrogen-bond donors (Lipinski definition) is 1. The lowest BCUT2D eigenvalue weighted by atomic mass is 10.1. The number of hydrogen-bond acceptors (Lipinski definition) is 4. The van der Waals surface area contributed by atoms with Gasteiger partial charge < -0.3 is 14.6 Å². The minimum atomic E-state index is 0.00142. The van der Waals surface area contributed by atoms with Crippen LogP contribution in [0.3, 0.4) is 0 Å². The van der Waals surface area contributed by atoms with Crippen molar-refractivity contribution in [2.75, 3.05) is 7.11 Å². The van der Waals surface area contributed by atoms with E-state index in [9.17, 15) is 4.79 Å². The fourth-order valence-corrected chi connectivity index (χ4v) is 2.10. The molecule has 0 aromatic heterocycles. The zero-order valence-electron chi connectivity index (χ0n) is 11.5. The van der Waals surface area contributed by atoms with Crippen LogP contribution in [0.4, 0.5) is 0 Å². The minimum Gasteiger partial charge on any atom is -0.493 e. The lowest BCUT2D eigenvalue weighted by Crippen LogP contribution is -2.01. The van der Waals surface area contributed by atoms with Gasteiger partial charge >= 0.3 is 0 Å². The molecule has 1 N–H and O–H groups in total. The number of ether oxygens (including phenoxy) is 2. The molecule has 0 aliphatic rings. The number of carbonyl (C=O) groups excluding carboxylic acids is 1. The average molecular weight is 307 g/mol. The van der Waals surface area contributed by atoms with Crippen LogP contribution in [0.1, 0.15) is 21.5 Å². The number of aldehydes is 1. The van der Waals surface area contributed by atoms with Crippen molar-refractivity contribution in [1.82, 2.24) is 0 Å². The third kappa shape index (κ3) is 3.74. The third-order valence-corrected chi connectivity index (χ3v) is 3.20. The van der Waals surface area contributed by atoms with E-state index in [2.05, 4.69) is 0 Å². The molecule has 4 nitrogen and oxygen atoms in total. The summed E-state index contributed by atoms with van der Waals surface area (Å²) in [6.07, 6.45) is 0.679. The van der Waals surface area contributed by atoms with Gasteiger partial charge in [-0.05, 0) is 17.2 Å². The molecule has 21 heavy (non-hydrogen) atoms. The molecule has 0 fully saturated rings. The van der Waals surface area contributed by atoms with Crippen molar-refractivity contribution in [1.29, 1.82) is 0 Å². The first kappa shape index (κ1) is 15.4. The topological polar surface area (TPSA) is 55.8 Å². The fraction of sp³-hybridized carbons (Fsp3) is 0.188. The van der Waals surface area contributed by atoms with Crippen molar-refractivity contribution in [3.05, 3.63) is 58.1 Å². The Balaban J connectivity index is 2.20. The van der Waals surface area contributed by atoms with Crippen LogP contribution in [0.25, 0.3) is 0 Å². The Morgan fingerprint density at radius 3 is 2.43 bits per heavy atom. The highest BCUT2D eigenvalue weighted by Gasteiger charge is 2.12. The van der Waals surface area contributed by atoms with Crippen molar-refractivity contribution in [3.63, 3.8) is 0 Å². The molecule has 0 amide bonds. The van der Waals surface area contributed by atoms with Crippen molar-refractivity contribution in [3.8, 4) is 11.5 Å². The summed E-state index contributed by atoms with van der Waals surface area (Å²) in [6.45, 7) is 0.284. The van der Waals surface area contributed by atoms with Gasteiger partial charge in [0.1, 0.15) is 6.61 Å². The molecule has 0 bridgehead atoms. The second-order valence-electron chi connectivity index (χ2n) is 4.41. The molecule has 2 rings (SSSR count). The lowest BCUT2D eigenvalue weighted by Gasteiger charge is -2.13. The van der Waals surface area contributed by atoms with E-state index in [1.165, 1.54) is 13.2 Å². The zero-order valence-corrected chi connectivity index (χ0v) is 12.3. The molecule has 2 aromatic carbocycles. The molecule has 0 unspecified atom stereocenters. The molecule has 0 heterocycles. The molecule has 0 saturated carbocycles. The maximum Gasteiger partial charge on any atom is 0.172 e. The van der Waals surface area contributed by atoms with Gasteiger partial charge in [0.2, 0.25) is 0 Å². The Kier molecular flexibility index (Phi) is 5.20. The molecule has 0 saturated heterocycles. The van der Waals surface area contributed by atoms with Crippen LogP contribution in [-0.2, 0) is 13.2 Å². The molecule has 0 spiro atoms. The number of halogens is 1. The van der Waals surface area contributed by atoms with Gasteiger partial charge in [0.15, 0.2) is 17.8 Å². The Hall–Kier alpha value is -2.04. The maximum atomic E-state index is 11.1. The Morgan fingerprint density at radius 2 is 1.86 bits per heavy atom. The molecule has 2 aromatic rings. The smallest absolute Gasteiger partial charge is 0.172 e. The standard InChI is InChI=1S/C16H15ClO4/c1-20-15-7-14(17)6-13(9-19)16(15)21-10-12-4-2-11(8-18)3-5-12/h2-7,9,18H,8,10H2,1H3. The maximum absolute atomic E-state index is 11.1. The summed E-state index contributed by atoms with van der Waals surface area (Å²) < 4.78 is 10.9. The molecule has 0 aliphatic heterocycles. The number of aliphatic hydroxyl groups excluding tert-OH is 1. The van der Waals surface area contributed by atoms with E-state index >= 15 is 0 Å². The molecule has 5 heteroatoms. The van der Waals surface area contributed by atoms with Gasteiger partial charge in [-0.15, -0.1) is 0 Å². The number of rotatable bonds is 6. The summed E-state index contributed by atoms with van der Waals surface area (Å²) in [5.74, 6) is 0.778. The Morgan fingerprint density at radius 1 is 1.19 bits per heavy atom. The van der Waals surface area contributed by atoms with Crippen LogP contribution >= 0.6 is 11.6 Å². The SMILES string of the molecule is COc1cc(Cl)cc(C=O)c1OCc1ccc(CO)cc1. The summed E-state index contributed by atoms with van der Waals surface area (Å²) in [5, 5.41) is 9.41. The second-order valence-corrected chi connectivity index (χ2v) is 4.84. The van der Waals surface area contributed by atoms with Crippen molar-refractivity contribution in [2.45, 2.75) is 13.2 Å². The van der Waals surface area contributed by atoms with Crippen LogP contribution in [-0.4, -0.2) is 18.5 Å². The van der Waals surface area contributed by atoms with E-state index < -0.39 is 0 Å². The Bertz CT molecular complexity index is 623. The summed E-state index contributed by atoms with van der Waals surface area (Å²) in [5.41, 5.74) is 2.09. The molecule has 0 radical (unpaired) electrons. The first-order valence-electron chi connectivity index (χ1n) is 6.32. The highest BCUT2D eigenvalue weighted by Crippen LogP contribution is 2.34. The molecule has 110 valence electrons. The van der Waals surface area contributed by atoms with E-state index in [0.29, 0.717) is 28.4 Å². The van der Waals surface area contributed by atoms with Crippen LogP contribution in [0.2, 0.25) is 5.02 Å². The van der Waals surface area contributed by atoms with Crippen LogP contribution in [0.15, 0.2) is 36.4 Å². The number of aliphatic hydroxyl groups is 1. The first-order valence-corrected chi connectivity index (χ1v) is 6.70. The first-order chi connectivity index (χ1) is 10.2. The molecule has 0 aliphatic carbocycles. The predicted octanol–water partition coefficient (Wildman–Crippen LogP) is 3.23. The van der Waals surface area contributed by atoms with Gasteiger partial charge in [-0.1, -0.05) is 35.9 Å². The minimum absolute atomic E-state index is 0.00142. The highest BCUT2D eigenvalue weighted by molar-refractivity contribution is 6.31. The highest BCUT2D eigenvalue weighted by atomic mass is 35.5. The molecular formula is C16H15ClO4. The van der Waals surface area contributed by atoms with Gasteiger partial charge in [0.25, 0.3) is 0 Å². The van der Waals surface area contributed by atoms with Crippen molar-refractivity contribution >= 4 is 17.9 Å². The van der Waals surface area contributed by atoms with Crippen molar-refractivity contribution in [2.24, 2.45) is 0 Å². The van der Waals surface area contributed by atoms with E-state index in [-0.39, 0.29) is 13.2 Å². The van der Waals surface area contributed by atoms with Crippen LogP contribution in [0, 0.1) is 0 Å². The van der Waals surface area contributed by atoms with Crippen LogP contribution in [0.5, 0.6) is 11.5 Å². The van der Waals surface area contributed by atoms with E-state index in [1.54, 1.807) is 6.07 Å². The quantitative estimate of drug-likeness (QED) is 0.833. The summed E-state index contributed by atoms with van der Waals surface area (Å²) in [7, 11) is 1.49. The predicted molar refractivity (Wildman–Crippen MR) is 80.1 cm³/mol. The van der Waals surface area contributed by atoms with Gasteiger partial charge in [0, 0.05) is 11.1 Å². The normalized spacial score (nSPS) is 10.2. The average Bonchev–Trinajstić information content (AvgIpc) is 2.53. The van der Waals surface area contributed by atoms with E-state index in [0.717, 1.165) is 11.1 Å². The number of methoxy groups -OCH3 is 1. The van der Waals surface area contributed by atoms with Gasteiger partial charge in [-0.2, -0.15) is 0 Å². The summed E-state index contributed by atoms with van der Waals surface area (Å²) in [6, 6.07) is 10.5. The summed E-state index contributed by atoms with van der Waals surface area (Å²) >= 11 is 5.91. The zero-order chi connectivity index (χ0) is 15.2. The van der Waals surface area contributed by atoms with E-state index in [1.807, 2.05) is 24.3 Å². The second kappa shape index (κ2) is 7.11. The number of carbonyl (C=O) groups is 1. The lowest BCUT2D eigenvalue weighted by molar-refractivity contribution is 0.111. The molecule has 0 atom stereocenters. The third-order valence-electron chi connectivity index (χ3n) is 2.98. The van der Waals surface area contributed by atoms with Gasteiger partial charge in [0.05, 0.1) is 19.3 Å². The van der Waals surface area contributed by atoms with Crippen LogP contribution < -0.4 is 9.47 Å². The largest absolute Gasteiger partial charge is 0.493 e. The van der Waals surface area contributed by atoms with E-state index in [4.69, 9.17) is 26.2 Å².